The maximum Gasteiger partial charge on any atom is 0.154 e. The normalized spacial score (nSPS) is 12.2. The Hall–Kier alpha value is -14.4. The van der Waals surface area contributed by atoms with Crippen LogP contribution in [0.5, 0.6) is 11.5 Å². The van der Waals surface area contributed by atoms with Crippen LogP contribution >= 0.6 is 0 Å². The molecule has 1 fully saturated rings. The van der Waals surface area contributed by atoms with Gasteiger partial charge in [0.15, 0.2) is 34.9 Å². The molecule has 18 aromatic rings. The number of methoxy groups -OCH3 is 2. The lowest BCUT2D eigenvalue weighted by Gasteiger charge is -2.26. The Bertz CT molecular complexity index is 7010. The van der Waals surface area contributed by atoms with E-state index < -0.39 is 0 Å². The zero-order valence-corrected chi connectivity index (χ0v) is 85.6. The first-order valence-corrected chi connectivity index (χ1v) is 50.6. The number of pyridine rings is 1. The molecule has 0 spiro atoms. The minimum absolute atomic E-state index is 0.193. The first-order chi connectivity index (χ1) is 68.6. The minimum atomic E-state index is -0.193. The Balaban J connectivity index is 0.000000135. The van der Waals surface area contributed by atoms with Crippen LogP contribution in [0, 0.1) is 60.2 Å². The van der Waals surface area contributed by atoms with Gasteiger partial charge in [-0.25, -0.2) is 69.2 Å². The number of hydrogen-bond acceptors (Lipinski definition) is 21. The third-order valence-corrected chi connectivity index (χ3v) is 25.1. The fourth-order valence-corrected chi connectivity index (χ4v) is 17.8. The molecule has 29 heteroatoms. The number of imidazole rings is 1. The highest BCUT2D eigenvalue weighted by atomic mass is 19.1. The van der Waals surface area contributed by atoms with Crippen molar-refractivity contribution in [1.82, 2.24) is 96.6 Å². The van der Waals surface area contributed by atoms with E-state index in [1.807, 2.05) is 148 Å². The van der Waals surface area contributed by atoms with E-state index in [-0.39, 0.29) is 5.82 Å². The molecule has 0 bridgehead atoms. The molecule has 19 rings (SSSR count). The van der Waals surface area contributed by atoms with Crippen molar-refractivity contribution in [2.45, 2.75) is 252 Å². The summed E-state index contributed by atoms with van der Waals surface area (Å²) in [6.45, 7) is 39.6. The number of aryl methyl sites for hydroxylation is 7. The average molecular weight is 1900 g/mol. The number of fused-ring (bicyclic) bond motifs is 7. The molecule has 2 atom stereocenters. The van der Waals surface area contributed by atoms with Gasteiger partial charge >= 0.3 is 0 Å². The Morgan fingerprint density at radius 1 is 0.362 bits per heavy atom. The van der Waals surface area contributed by atoms with Crippen molar-refractivity contribution in [3.63, 3.8) is 0 Å². The molecular weight excluding hydrogens is 1760 g/mol. The number of hydrogen-bond donors (Lipinski definition) is 6. The van der Waals surface area contributed by atoms with Crippen LogP contribution < -0.4 is 41.4 Å². The highest BCUT2D eigenvalue weighted by molar-refractivity contribution is 5.91. The number of para-hydroxylation sites is 1. The number of ether oxygens (including phenoxy) is 2. The lowest BCUT2D eigenvalue weighted by atomic mass is 9.85. The SMILES string of the molecule is CCCC(C)Nc1nc(C)nc2ccn(Cc3ccc(OC)cc3)c12.CCCC(C)Nc1nc(C)nc2ccn(Cc3ccccc3F)c12.CCCCNc1nc(C)nc2cc(C)n(Cc3ccccc3)c12.CCCCNc1nc(C)nc2ccn(CC3CCC3)c12.CCCCNc1nc(C)nc2ccn(Cc3ccccc3OC)c12.CCCCNc1nc(C)nc2ccn(Cc3cn4ccccc4n3)c12. The highest BCUT2D eigenvalue weighted by Crippen LogP contribution is 2.35. The number of halogens is 1. The van der Waals surface area contributed by atoms with Crippen molar-refractivity contribution in [1.29, 1.82) is 0 Å². The quantitative estimate of drug-likeness (QED) is 0.0196. The van der Waals surface area contributed by atoms with Crippen LogP contribution in [0.2, 0.25) is 0 Å². The highest BCUT2D eigenvalue weighted by Gasteiger charge is 2.24. The third kappa shape index (κ3) is 27.2. The molecule has 0 saturated heterocycles. The van der Waals surface area contributed by atoms with E-state index in [4.69, 9.17) is 14.5 Å². The zero-order chi connectivity index (χ0) is 99.3. The van der Waals surface area contributed by atoms with Crippen molar-refractivity contribution >= 4 is 107 Å². The number of rotatable bonds is 38. The fourth-order valence-electron chi connectivity index (χ4n) is 17.8. The van der Waals surface area contributed by atoms with Crippen LogP contribution in [0.15, 0.2) is 201 Å². The second-order valence-corrected chi connectivity index (χ2v) is 36.8. The molecule has 0 amide bonds. The van der Waals surface area contributed by atoms with Gasteiger partial charge in [0.2, 0.25) is 0 Å². The van der Waals surface area contributed by atoms with Gasteiger partial charge in [-0.1, -0.05) is 171 Å². The maximum atomic E-state index is 14.0. The van der Waals surface area contributed by atoms with E-state index in [1.165, 1.54) is 66.9 Å². The van der Waals surface area contributed by atoms with E-state index in [2.05, 4.69) is 269 Å². The largest absolute Gasteiger partial charge is 0.497 e. The number of nitrogens with one attached hydrogen (secondary N) is 6. The molecule has 141 heavy (non-hydrogen) atoms. The van der Waals surface area contributed by atoms with Gasteiger partial charge < -0.3 is 73.2 Å². The molecule has 14 aromatic heterocycles. The molecule has 1 aliphatic carbocycles. The van der Waals surface area contributed by atoms with Crippen molar-refractivity contribution in [2.75, 3.05) is 72.3 Å². The summed E-state index contributed by atoms with van der Waals surface area (Å²) in [6, 6.07) is 52.8. The summed E-state index contributed by atoms with van der Waals surface area (Å²) in [7, 11) is 3.39. The van der Waals surface area contributed by atoms with Crippen LogP contribution in [-0.2, 0) is 39.3 Å². The number of anilines is 6. The van der Waals surface area contributed by atoms with E-state index in [0.29, 0.717) is 30.7 Å². The molecule has 740 valence electrons. The van der Waals surface area contributed by atoms with Gasteiger partial charge in [0.1, 0.15) is 91.0 Å². The van der Waals surface area contributed by atoms with Crippen LogP contribution in [0.3, 0.4) is 0 Å². The van der Waals surface area contributed by atoms with Gasteiger partial charge in [0, 0.05) is 118 Å². The molecule has 1 saturated carbocycles. The Labute approximate surface area is 829 Å². The summed E-state index contributed by atoms with van der Waals surface area (Å²) in [6.07, 6.45) is 32.2. The van der Waals surface area contributed by atoms with Crippen molar-refractivity contribution in [2.24, 2.45) is 5.92 Å². The number of unbranched alkanes of at least 4 members (excludes halogenated alkanes) is 4. The smallest absolute Gasteiger partial charge is 0.154 e. The second-order valence-electron chi connectivity index (χ2n) is 36.8. The lowest BCUT2D eigenvalue weighted by Crippen LogP contribution is -2.18. The van der Waals surface area contributed by atoms with Gasteiger partial charge in [-0.2, -0.15) is 0 Å². The van der Waals surface area contributed by atoms with Gasteiger partial charge in [-0.15, -0.1) is 0 Å². The predicted octanol–water partition coefficient (Wildman–Crippen LogP) is 24.6. The van der Waals surface area contributed by atoms with Crippen molar-refractivity contribution < 1.29 is 13.9 Å². The zero-order valence-electron chi connectivity index (χ0n) is 85.6. The van der Waals surface area contributed by atoms with E-state index in [9.17, 15) is 4.39 Å². The average Bonchev–Trinajstić information content (AvgIpc) is 1.59. The molecule has 0 radical (unpaired) electrons. The summed E-state index contributed by atoms with van der Waals surface area (Å²) in [4.78, 5) is 59.9. The molecule has 14 heterocycles. The summed E-state index contributed by atoms with van der Waals surface area (Å²) in [5, 5.41) is 21.0. The maximum absolute atomic E-state index is 14.0. The summed E-state index contributed by atoms with van der Waals surface area (Å²) >= 11 is 0. The molecule has 4 aromatic carbocycles. The molecule has 2 unspecified atom stereocenters. The Kier molecular flexibility index (Phi) is 36.7. The lowest BCUT2D eigenvalue weighted by molar-refractivity contribution is 0.280. The van der Waals surface area contributed by atoms with E-state index >= 15 is 0 Å². The van der Waals surface area contributed by atoms with Crippen molar-refractivity contribution in [3.05, 3.63) is 276 Å². The van der Waals surface area contributed by atoms with Crippen molar-refractivity contribution in [3.8, 4) is 11.5 Å². The minimum Gasteiger partial charge on any atom is -0.497 e. The van der Waals surface area contributed by atoms with E-state index in [0.717, 1.165) is 275 Å². The molecule has 28 nitrogen and oxygen atoms in total. The predicted molar refractivity (Wildman–Crippen MR) is 575 cm³/mol. The first-order valence-electron chi connectivity index (χ1n) is 50.6. The molecule has 6 N–H and O–H groups in total. The van der Waals surface area contributed by atoms with Crippen LogP contribution in [0.1, 0.15) is 220 Å². The second kappa shape index (κ2) is 50.5. The van der Waals surface area contributed by atoms with Gasteiger partial charge in [-0.05, 0) is 204 Å². The van der Waals surface area contributed by atoms with Crippen LogP contribution in [-0.4, -0.2) is 149 Å². The number of nitrogens with zero attached hydrogens (tertiary/aromatic N) is 20. The first kappa shape index (κ1) is 103. The summed E-state index contributed by atoms with van der Waals surface area (Å²) in [5.74, 6) is 12.7. The fraction of sp³-hybridized carbons (Fsp3) is 0.402. The van der Waals surface area contributed by atoms with Gasteiger partial charge in [0.25, 0.3) is 0 Å². The Morgan fingerprint density at radius 2 is 0.759 bits per heavy atom. The number of aromatic nitrogens is 20. The van der Waals surface area contributed by atoms with Crippen LogP contribution in [0.4, 0.5) is 39.3 Å². The monoisotopic (exact) mass is 1900 g/mol. The Morgan fingerprint density at radius 3 is 1.21 bits per heavy atom. The molecular formula is C112H143FN26O2. The van der Waals surface area contributed by atoms with Gasteiger partial charge in [-0.3, -0.25) is 0 Å². The standard InChI is InChI=1S/C20H26N4O.C19H23FN4.C19H22N6.C19H24N4O.C19H24N4.C16H24N4/c1-5-6-14(2)21-20-19-18(22-15(3)23-20)11-12-24(19)13-16-7-9-17(25-4)10-8-16;1-4-7-13(2)21-19-18-17(22-14(3)23-19)10-11-24(18)12-15-8-5-6-9-16(15)20;1-3-4-9-20-19-18-16(21-14(2)22-19)8-11-25(18)13-15-12-24-10-6-5-7-17(24)23-15;1-4-5-11-20-19-18-16(21-14(2)22-19)10-12-23(18)13-15-8-6-7-9-17(15)24-3;1-4-5-11-20-19-18-17(21-15(3)22-19)12-14(2)23(18)13-16-9-7-6-8-10-16;1-3-4-9-17-16-15-14(18-12(2)19-16)8-10-20(15)11-13-6-5-7-13/h7-12,14H,5-6,13H2,1-4H3,(H,21,22,23);5-6,8-11,13H,4,7,12H2,1-3H3,(H,21,22,23);5-8,10-12H,3-4,9,13H2,1-2H3,(H,20,21,22);6-10,12H,4-5,11,13H2,1-3H3,(H,20,21,22);6-10,12H,4-5,11,13H2,1-3H3,(H,20,21,22);8,10,13H,3-7,9,11H2,1-2H3,(H,17,18,19). The van der Waals surface area contributed by atoms with E-state index in [1.54, 1.807) is 20.3 Å². The molecule has 1 aliphatic rings. The topological polar surface area (TPSA) is 292 Å². The summed E-state index contributed by atoms with van der Waals surface area (Å²) in [5.41, 5.74) is 19.7. The number of benzene rings is 4. The summed E-state index contributed by atoms with van der Waals surface area (Å²) < 4.78 is 40.0. The third-order valence-electron chi connectivity index (χ3n) is 25.1. The molecule has 0 aliphatic heterocycles. The van der Waals surface area contributed by atoms with Gasteiger partial charge in [0.05, 0.1) is 72.6 Å². The van der Waals surface area contributed by atoms with Crippen LogP contribution in [0.25, 0.3) is 71.8 Å².